The van der Waals surface area contributed by atoms with Crippen LogP contribution in [0, 0.1) is 17.1 Å². The van der Waals surface area contributed by atoms with E-state index in [-0.39, 0.29) is 30.4 Å². The van der Waals surface area contributed by atoms with E-state index in [1.165, 1.54) is 22.9 Å². The monoisotopic (exact) mass is 243 g/mol. The lowest BCUT2D eigenvalue weighted by atomic mass is 10.1. The Hall–Kier alpha value is -2.48. The molecule has 0 saturated heterocycles. The SMILES string of the molecule is N#Cc1nccn1CC(=O)Cc1ccc(F)cc1. The largest absolute Gasteiger partial charge is 0.315 e. The van der Waals surface area contributed by atoms with Crippen molar-refractivity contribution in [2.24, 2.45) is 0 Å². The van der Waals surface area contributed by atoms with Gasteiger partial charge in [0.1, 0.15) is 11.9 Å². The Labute approximate surface area is 103 Å². The van der Waals surface area contributed by atoms with Crippen molar-refractivity contribution < 1.29 is 9.18 Å². The smallest absolute Gasteiger partial charge is 0.213 e. The molecular formula is C13H10FN3O. The van der Waals surface area contributed by atoms with Gasteiger partial charge in [-0.3, -0.25) is 4.79 Å². The molecule has 0 unspecified atom stereocenters. The van der Waals surface area contributed by atoms with E-state index >= 15 is 0 Å². The predicted octanol–water partition coefficient (Wildman–Crippen LogP) is 1.71. The van der Waals surface area contributed by atoms with E-state index in [9.17, 15) is 9.18 Å². The molecule has 4 nitrogen and oxygen atoms in total. The fraction of sp³-hybridized carbons (Fsp3) is 0.154. The lowest BCUT2D eigenvalue weighted by Crippen LogP contribution is -2.13. The van der Waals surface area contributed by atoms with Crippen LogP contribution in [-0.2, 0) is 17.8 Å². The molecule has 18 heavy (non-hydrogen) atoms. The quantitative estimate of drug-likeness (QED) is 0.821. The predicted molar refractivity (Wildman–Crippen MR) is 62.1 cm³/mol. The second-order valence-corrected chi connectivity index (χ2v) is 3.83. The van der Waals surface area contributed by atoms with Crippen LogP contribution < -0.4 is 0 Å². The third-order valence-electron chi connectivity index (χ3n) is 2.48. The first-order chi connectivity index (χ1) is 8.69. The second-order valence-electron chi connectivity index (χ2n) is 3.83. The molecule has 1 aromatic heterocycles. The summed E-state index contributed by atoms with van der Waals surface area (Å²) in [5.74, 6) is -0.175. The molecular weight excluding hydrogens is 233 g/mol. The maximum atomic E-state index is 12.7. The van der Waals surface area contributed by atoms with Gasteiger partial charge >= 0.3 is 0 Å². The zero-order valence-electron chi connectivity index (χ0n) is 9.51. The van der Waals surface area contributed by atoms with Gasteiger partial charge in [0.2, 0.25) is 5.82 Å². The molecule has 2 aromatic rings. The van der Waals surface area contributed by atoms with Gasteiger partial charge in [-0.25, -0.2) is 9.37 Å². The van der Waals surface area contributed by atoms with Gasteiger partial charge < -0.3 is 4.57 Å². The fourth-order valence-corrected chi connectivity index (χ4v) is 1.63. The summed E-state index contributed by atoms with van der Waals surface area (Å²) in [7, 11) is 0. The lowest BCUT2D eigenvalue weighted by Gasteiger charge is -2.03. The third-order valence-corrected chi connectivity index (χ3v) is 2.48. The average molecular weight is 243 g/mol. The first kappa shape index (κ1) is 12.0. The Kier molecular flexibility index (Phi) is 3.49. The first-order valence-electron chi connectivity index (χ1n) is 5.36. The van der Waals surface area contributed by atoms with Gasteiger partial charge in [-0.15, -0.1) is 0 Å². The van der Waals surface area contributed by atoms with E-state index in [1.54, 1.807) is 18.3 Å². The molecule has 0 bridgehead atoms. The number of hydrogen-bond donors (Lipinski definition) is 0. The van der Waals surface area contributed by atoms with Gasteiger partial charge in [0, 0.05) is 18.8 Å². The summed E-state index contributed by atoms with van der Waals surface area (Å²) >= 11 is 0. The Morgan fingerprint density at radius 3 is 2.78 bits per heavy atom. The van der Waals surface area contributed by atoms with E-state index in [0.717, 1.165) is 5.56 Å². The summed E-state index contributed by atoms with van der Waals surface area (Å²) < 4.78 is 14.2. The number of carbonyl (C=O) groups excluding carboxylic acids is 1. The van der Waals surface area contributed by atoms with Crippen LogP contribution in [0.1, 0.15) is 11.4 Å². The number of benzene rings is 1. The number of Topliss-reactive ketones (excluding diaryl/α,β-unsaturated/α-hetero) is 1. The molecule has 0 aliphatic rings. The van der Waals surface area contributed by atoms with Crippen molar-refractivity contribution in [1.82, 2.24) is 9.55 Å². The summed E-state index contributed by atoms with van der Waals surface area (Å²) in [6.45, 7) is 0.0975. The number of nitriles is 1. The van der Waals surface area contributed by atoms with Gasteiger partial charge in [0.05, 0.1) is 6.54 Å². The van der Waals surface area contributed by atoms with Gasteiger partial charge in [0.15, 0.2) is 5.78 Å². The summed E-state index contributed by atoms with van der Waals surface area (Å²) in [4.78, 5) is 15.6. The number of nitrogens with zero attached hydrogens (tertiary/aromatic N) is 3. The van der Waals surface area contributed by atoms with Crippen molar-refractivity contribution in [3.63, 3.8) is 0 Å². The number of hydrogen-bond acceptors (Lipinski definition) is 3. The van der Waals surface area contributed by atoms with Crippen molar-refractivity contribution in [3.8, 4) is 6.07 Å². The van der Waals surface area contributed by atoms with E-state index < -0.39 is 0 Å². The molecule has 0 amide bonds. The third kappa shape index (κ3) is 2.80. The molecule has 2 rings (SSSR count). The van der Waals surface area contributed by atoms with Crippen LogP contribution >= 0.6 is 0 Å². The number of carbonyl (C=O) groups is 1. The molecule has 0 radical (unpaired) electrons. The van der Waals surface area contributed by atoms with Crippen LogP contribution in [0.4, 0.5) is 4.39 Å². The zero-order chi connectivity index (χ0) is 13.0. The highest BCUT2D eigenvalue weighted by atomic mass is 19.1. The summed E-state index contributed by atoms with van der Waals surface area (Å²) in [5.41, 5.74) is 0.750. The van der Waals surface area contributed by atoms with Crippen molar-refractivity contribution in [2.75, 3.05) is 0 Å². The number of rotatable bonds is 4. The molecule has 0 aliphatic carbocycles. The molecule has 1 heterocycles. The van der Waals surface area contributed by atoms with Crippen LogP contribution in [0.3, 0.4) is 0 Å². The summed E-state index contributed by atoms with van der Waals surface area (Å²) in [6.07, 6.45) is 3.27. The Morgan fingerprint density at radius 1 is 1.39 bits per heavy atom. The molecule has 0 atom stereocenters. The van der Waals surface area contributed by atoms with E-state index in [1.807, 2.05) is 6.07 Å². The van der Waals surface area contributed by atoms with Crippen LogP contribution in [0.25, 0.3) is 0 Å². The number of imidazole rings is 1. The average Bonchev–Trinajstić information content (AvgIpc) is 2.79. The van der Waals surface area contributed by atoms with Gasteiger partial charge in [0.25, 0.3) is 0 Å². The minimum Gasteiger partial charge on any atom is -0.315 e. The Balaban J connectivity index is 2.01. The standard InChI is InChI=1S/C13H10FN3O/c14-11-3-1-10(2-4-11)7-12(18)9-17-6-5-16-13(17)8-15/h1-6H,7,9H2. The molecule has 0 spiro atoms. The molecule has 0 fully saturated rings. The summed E-state index contributed by atoms with van der Waals surface area (Å²) in [6, 6.07) is 7.69. The number of ketones is 1. The fourth-order valence-electron chi connectivity index (χ4n) is 1.63. The van der Waals surface area contributed by atoms with Crippen molar-refractivity contribution in [3.05, 3.63) is 53.9 Å². The van der Waals surface area contributed by atoms with E-state index in [2.05, 4.69) is 4.98 Å². The minimum atomic E-state index is -0.326. The van der Waals surface area contributed by atoms with Crippen molar-refractivity contribution in [2.45, 2.75) is 13.0 Å². The molecule has 1 aromatic carbocycles. The molecule has 90 valence electrons. The van der Waals surface area contributed by atoms with Gasteiger partial charge in [-0.05, 0) is 17.7 Å². The summed E-state index contributed by atoms with van der Waals surface area (Å²) in [5, 5.41) is 8.75. The topological polar surface area (TPSA) is 58.7 Å². The van der Waals surface area contributed by atoms with Crippen molar-refractivity contribution >= 4 is 5.78 Å². The zero-order valence-corrected chi connectivity index (χ0v) is 9.51. The minimum absolute atomic E-state index is 0.0592. The molecule has 5 heteroatoms. The highest BCUT2D eigenvalue weighted by molar-refractivity contribution is 5.80. The van der Waals surface area contributed by atoms with Crippen LogP contribution in [-0.4, -0.2) is 15.3 Å². The lowest BCUT2D eigenvalue weighted by molar-refractivity contribution is -0.119. The van der Waals surface area contributed by atoms with Crippen LogP contribution in [0.5, 0.6) is 0 Å². The molecule has 0 aliphatic heterocycles. The molecule has 0 saturated carbocycles. The highest BCUT2D eigenvalue weighted by Crippen LogP contribution is 2.05. The maximum absolute atomic E-state index is 12.7. The second kappa shape index (κ2) is 5.23. The van der Waals surface area contributed by atoms with Crippen molar-refractivity contribution in [1.29, 1.82) is 5.26 Å². The van der Waals surface area contributed by atoms with Gasteiger partial charge in [-0.2, -0.15) is 5.26 Å². The van der Waals surface area contributed by atoms with E-state index in [0.29, 0.717) is 0 Å². The Morgan fingerprint density at radius 2 is 2.11 bits per heavy atom. The number of halogens is 1. The molecule has 0 N–H and O–H groups in total. The van der Waals surface area contributed by atoms with Crippen LogP contribution in [0.2, 0.25) is 0 Å². The van der Waals surface area contributed by atoms with Gasteiger partial charge in [-0.1, -0.05) is 12.1 Å². The van der Waals surface area contributed by atoms with Crippen LogP contribution in [0.15, 0.2) is 36.7 Å². The maximum Gasteiger partial charge on any atom is 0.213 e. The number of aromatic nitrogens is 2. The first-order valence-corrected chi connectivity index (χ1v) is 5.36. The highest BCUT2D eigenvalue weighted by Gasteiger charge is 2.08. The van der Waals surface area contributed by atoms with E-state index in [4.69, 9.17) is 5.26 Å². The Bertz CT molecular complexity index is 595. The normalized spacial score (nSPS) is 10.0.